The van der Waals surface area contributed by atoms with Crippen LogP contribution in [0.15, 0.2) is 56.6 Å². The van der Waals surface area contributed by atoms with E-state index in [1.807, 2.05) is 26.0 Å². The number of ether oxygens (including phenoxy) is 1. The second-order valence-electron chi connectivity index (χ2n) is 5.85. The fourth-order valence-corrected chi connectivity index (χ4v) is 3.28. The molecule has 0 aliphatic carbocycles. The van der Waals surface area contributed by atoms with Crippen LogP contribution in [0.3, 0.4) is 0 Å². The molecule has 3 aromatic rings. The van der Waals surface area contributed by atoms with Gasteiger partial charge in [-0.2, -0.15) is 0 Å². The van der Waals surface area contributed by atoms with Gasteiger partial charge in [0, 0.05) is 21.9 Å². The normalized spacial score (nSPS) is 10.9. The van der Waals surface area contributed by atoms with Gasteiger partial charge in [-0.05, 0) is 37.1 Å². The smallest absolute Gasteiger partial charge is 0.336 e. The van der Waals surface area contributed by atoms with Crippen LogP contribution in [0.2, 0.25) is 0 Å². The molecule has 134 valence electrons. The summed E-state index contributed by atoms with van der Waals surface area (Å²) in [7, 11) is 0. The van der Waals surface area contributed by atoms with Crippen molar-refractivity contribution >= 4 is 28.7 Å². The lowest BCUT2D eigenvalue weighted by molar-refractivity contribution is -0.141. The molecular weight excluding hydrogens is 355 g/mol. The fraction of sp³-hybridized carbons (Fsp3) is 0.200. The number of aryl methyl sites for hydroxylation is 2. The molecule has 26 heavy (non-hydrogen) atoms. The molecule has 0 aliphatic rings. The fourth-order valence-electron chi connectivity index (χ4n) is 2.54. The van der Waals surface area contributed by atoms with Gasteiger partial charge in [0.25, 0.3) is 0 Å². The lowest BCUT2D eigenvalue weighted by atomic mass is 10.0. The van der Waals surface area contributed by atoms with Crippen LogP contribution >= 0.6 is 11.8 Å². The maximum atomic E-state index is 13.6. The minimum Gasteiger partial charge on any atom is -0.460 e. The highest BCUT2D eigenvalue weighted by atomic mass is 32.2. The molecule has 4 nitrogen and oxygen atoms in total. The molecule has 0 N–H and O–H groups in total. The van der Waals surface area contributed by atoms with Crippen LogP contribution in [0.25, 0.3) is 11.0 Å². The van der Waals surface area contributed by atoms with Gasteiger partial charge in [0.1, 0.15) is 18.0 Å². The molecule has 0 bridgehead atoms. The first kappa shape index (κ1) is 18.2. The molecule has 0 spiro atoms. The summed E-state index contributed by atoms with van der Waals surface area (Å²) in [5.41, 5.74) is 2.49. The SMILES string of the molecule is Cc1ccc2c(COC(=O)CSc3ccccc3F)cc(=O)oc2c1C. The van der Waals surface area contributed by atoms with Crippen molar-refractivity contribution < 1.29 is 18.3 Å². The molecule has 1 aromatic heterocycles. The quantitative estimate of drug-likeness (QED) is 0.378. The van der Waals surface area contributed by atoms with E-state index in [0.717, 1.165) is 28.3 Å². The van der Waals surface area contributed by atoms with Crippen LogP contribution in [-0.2, 0) is 16.1 Å². The predicted molar refractivity (Wildman–Crippen MR) is 98.9 cm³/mol. The minimum absolute atomic E-state index is 0.0154. The summed E-state index contributed by atoms with van der Waals surface area (Å²) in [6.45, 7) is 3.77. The summed E-state index contributed by atoms with van der Waals surface area (Å²) in [4.78, 5) is 24.2. The standard InChI is InChI=1S/C20H17FO4S/c1-12-7-8-15-14(9-18(22)25-20(15)13(12)2)10-24-19(23)11-26-17-6-4-3-5-16(17)21/h3-9H,10-11H2,1-2H3. The Morgan fingerprint density at radius 3 is 2.73 bits per heavy atom. The molecule has 0 fully saturated rings. The molecule has 1 heterocycles. The lowest BCUT2D eigenvalue weighted by Gasteiger charge is -2.10. The molecule has 0 saturated heterocycles. The topological polar surface area (TPSA) is 56.5 Å². The number of rotatable bonds is 5. The summed E-state index contributed by atoms with van der Waals surface area (Å²) in [6.07, 6.45) is 0. The number of fused-ring (bicyclic) bond motifs is 1. The molecular formula is C20H17FO4S. The van der Waals surface area contributed by atoms with E-state index in [9.17, 15) is 14.0 Å². The second kappa shape index (κ2) is 7.74. The largest absolute Gasteiger partial charge is 0.460 e. The van der Waals surface area contributed by atoms with Crippen LogP contribution in [0.5, 0.6) is 0 Å². The summed E-state index contributed by atoms with van der Waals surface area (Å²) in [6, 6.07) is 11.3. The van der Waals surface area contributed by atoms with Gasteiger partial charge in [-0.25, -0.2) is 9.18 Å². The maximum Gasteiger partial charge on any atom is 0.336 e. The molecule has 0 unspecified atom stereocenters. The van der Waals surface area contributed by atoms with Crippen LogP contribution in [0.4, 0.5) is 4.39 Å². The molecule has 0 aliphatic heterocycles. The molecule has 0 saturated carbocycles. The monoisotopic (exact) mass is 372 g/mol. The van der Waals surface area contributed by atoms with Gasteiger partial charge in [0.2, 0.25) is 0 Å². The Labute approximate surface area is 154 Å². The number of benzene rings is 2. The zero-order valence-electron chi connectivity index (χ0n) is 14.4. The number of hydrogen-bond acceptors (Lipinski definition) is 5. The first-order valence-electron chi connectivity index (χ1n) is 8.01. The summed E-state index contributed by atoms with van der Waals surface area (Å²) < 4.78 is 24.1. The van der Waals surface area contributed by atoms with E-state index < -0.39 is 11.6 Å². The highest BCUT2D eigenvalue weighted by Gasteiger charge is 2.12. The van der Waals surface area contributed by atoms with Crippen molar-refractivity contribution in [2.45, 2.75) is 25.3 Å². The van der Waals surface area contributed by atoms with Gasteiger partial charge in [-0.1, -0.05) is 24.3 Å². The van der Waals surface area contributed by atoms with Crippen LogP contribution in [0.1, 0.15) is 16.7 Å². The first-order chi connectivity index (χ1) is 12.5. The van der Waals surface area contributed by atoms with Crippen LogP contribution in [0, 0.1) is 19.7 Å². The van der Waals surface area contributed by atoms with Crippen molar-refractivity contribution in [3.63, 3.8) is 0 Å². The third-order valence-corrected chi connectivity index (χ3v) is 5.11. The Morgan fingerprint density at radius 1 is 1.19 bits per heavy atom. The number of thioether (sulfide) groups is 1. The molecule has 6 heteroatoms. The van der Waals surface area contributed by atoms with Gasteiger partial charge in [0.05, 0.1) is 5.75 Å². The maximum absolute atomic E-state index is 13.6. The molecule has 0 radical (unpaired) electrons. The van der Waals surface area contributed by atoms with E-state index >= 15 is 0 Å². The molecule has 0 atom stereocenters. The Kier molecular flexibility index (Phi) is 5.42. The molecule has 2 aromatic carbocycles. The van der Waals surface area contributed by atoms with Crippen molar-refractivity contribution in [1.29, 1.82) is 0 Å². The van der Waals surface area contributed by atoms with Crippen molar-refractivity contribution in [2.75, 3.05) is 5.75 Å². The van der Waals surface area contributed by atoms with Crippen molar-refractivity contribution in [2.24, 2.45) is 0 Å². The Balaban J connectivity index is 1.71. The zero-order chi connectivity index (χ0) is 18.7. The first-order valence-corrected chi connectivity index (χ1v) is 9.00. The third-order valence-electron chi connectivity index (χ3n) is 4.09. The lowest BCUT2D eigenvalue weighted by Crippen LogP contribution is -2.10. The third kappa shape index (κ3) is 3.96. The van der Waals surface area contributed by atoms with Crippen molar-refractivity contribution in [3.05, 3.63) is 75.4 Å². The average Bonchev–Trinajstić information content (AvgIpc) is 2.62. The second-order valence-corrected chi connectivity index (χ2v) is 6.87. The van der Waals surface area contributed by atoms with E-state index in [4.69, 9.17) is 9.15 Å². The van der Waals surface area contributed by atoms with E-state index in [1.165, 1.54) is 12.1 Å². The summed E-state index contributed by atoms with van der Waals surface area (Å²) >= 11 is 1.07. The van der Waals surface area contributed by atoms with Gasteiger partial charge >= 0.3 is 11.6 Å². The molecule has 3 rings (SSSR count). The summed E-state index contributed by atoms with van der Waals surface area (Å²) in [5.74, 6) is -0.871. The van der Waals surface area contributed by atoms with E-state index in [0.29, 0.717) is 16.0 Å². The minimum atomic E-state index is -0.488. The highest BCUT2D eigenvalue weighted by Crippen LogP contribution is 2.24. The Bertz CT molecular complexity index is 1030. The van der Waals surface area contributed by atoms with Gasteiger partial charge < -0.3 is 9.15 Å². The van der Waals surface area contributed by atoms with Gasteiger partial charge in [0.15, 0.2) is 0 Å². The highest BCUT2D eigenvalue weighted by molar-refractivity contribution is 8.00. The number of esters is 1. The van der Waals surface area contributed by atoms with E-state index in [-0.39, 0.29) is 18.2 Å². The number of carbonyl (C=O) groups is 1. The number of halogens is 1. The van der Waals surface area contributed by atoms with Gasteiger partial charge in [-0.15, -0.1) is 11.8 Å². The number of hydrogen-bond donors (Lipinski definition) is 0. The van der Waals surface area contributed by atoms with Crippen LogP contribution < -0.4 is 5.63 Å². The predicted octanol–water partition coefficient (Wildman–Crippen LogP) is 4.38. The average molecular weight is 372 g/mol. The summed E-state index contributed by atoms with van der Waals surface area (Å²) in [5, 5.41) is 0.738. The zero-order valence-corrected chi connectivity index (χ0v) is 15.2. The Morgan fingerprint density at radius 2 is 1.96 bits per heavy atom. The van der Waals surface area contributed by atoms with Crippen LogP contribution in [-0.4, -0.2) is 11.7 Å². The van der Waals surface area contributed by atoms with E-state index in [1.54, 1.807) is 18.2 Å². The Hall–Kier alpha value is -2.60. The van der Waals surface area contributed by atoms with Crippen molar-refractivity contribution in [1.82, 2.24) is 0 Å². The van der Waals surface area contributed by atoms with E-state index in [2.05, 4.69) is 0 Å². The van der Waals surface area contributed by atoms with Crippen molar-refractivity contribution in [3.8, 4) is 0 Å². The van der Waals surface area contributed by atoms with Gasteiger partial charge in [-0.3, -0.25) is 4.79 Å². The molecule has 0 amide bonds. The number of carbonyl (C=O) groups excluding carboxylic acids is 1.